The lowest BCUT2D eigenvalue weighted by Gasteiger charge is -2.37. The van der Waals surface area contributed by atoms with Crippen LogP contribution in [0.15, 0.2) is 24.3 Å². The van der Waals surface area contributed by atoms with Crippen molar-refractivity contribution in [3.8, 4) is 0 Å². The maximum absolute atomic E-state index is 3.54. The molecule has 1 aliphatic heterocycles. The van der Waals surface area contributed by atoms with Gasteiger partial charge in [-0.3, -0.25) is 4.90 Å². The molecule has 21 heavy (non-hydrogen) atoms. The lowest BCUT2D eigenvalue weighted by molar-refractivity contribution is 0.221. The summed E-state index contributed by atoms with van der Waals surface area (Å²) in [6.07, 6.45) is 0. The van der Waals surface area contributed by atoms with E-state index in [-0.39, 0.29) is 0 Å². The average Bonchev–Trinajstić information content (AvgIpc) is 2.46. The van der Waals surface area contributed by atoms with Gasteiger partial charge < -0.3 is 10.2 Å². The molecule has 1 fully saturated rings. The van der Waals surface area contributed by atoms with E-state index < -0.39 is 0 Å². The molecule has 1 unspecified atom stereocenters. The molecule has 0 bridgehead atoms. The molecule has 1 atom stereocenters. The molecular formula is C18H31N3. The minimum atomic E-state index is 0.589. The minimum absolute atomic E-state index is 0.589. The molecule has 1 N–H and O–H groups in total. The molecule has 1 heterocycles. The van der Waals surface area contributed by atoms with Gasteiger partial charge in [-0.2, -0.15) is 0 Å². The second kappa shape index (κ2) is 7.81. The zero-order valence-electron chi connectivity index (χ0n) is 14.1. The van der Waals surface area contributed by atoms with Gasteiger partial charge in [0, 0.05) is 44.5 Å². The standard InChI is InChI=1S/C18H31N3/c1-15(2)19-13-17(4)14-20-8-10-21(11-9-20)18-7-5-6-16(3)12-18/h5-7,12,15,17,19H,8-11,13-14H2,1-4H3. The molecule has 0 amide bonds. The van der Waals surface area contributed by atoms with Crippen molar-refractivity contribution in [3.63, 3.8) is 0 Å². The molecule has 3 nitrogen and oxygen atoms in total. The molecule has 1 aromatic carbocycles. The Labute approximate surface area is 130 Å². The predicted octanol–water partition coefficient (Wildman–Crippen LogP) is 2.75. The van der Waals surface area contributed by atoms with Gasteiger partial charge in [0.2, 0.25) is 0 Å². The summed E-state index contributed by atoms with van der Waals surface area (Å²) in [6.45, 7) is 15.9. The van der Waals surface area contributed by atoms with E-state index in [1.807, 2.05) is 0 Å². The van der Waals surface area contributed by atoms with Gasteiger partial charge in [0.15, 0.2) is 0 Å². The van der Waals surface area contributed by atoms with Crippen LogP contribution >= 0.6 is 0 Å². The van der Waals surface area contributed by atoms with Crippen LogP contribution in [0.1, 0.15) is 26.3 Å². The van der Waals surface area contributed by atoms with Gasteiger partial charge in [-0.1, -0.05) is 32.9 Å². The van der Waals surface area contributed by atoms with E-state index in [9.17, 15) is 0 Å². The molecule has 3 heteroatoms. The van der Waals surface area contributed by atoms with E-state index in [4.69, 9.17) is 0 Å². The van der Waals surface area contributed by atoms with Crippen molar-refractivity contribution in [1.29, 1.82) is 0 Å². The number of nitrogens with zero attached hydrogens (tertiary/aromatic N) is 2. The second-order valence-corrected chi connectivity index (χ2v) is 6.79. The number of hydrogen-bond acceptors (Lipinski definition) is 3. The van der Waals surface area contributed by atoms with E-state index in [0.717, 1.165) is 25.6 Å². The molecular weight excluding hydrogens is 258 g/mol. The van der Waals surface area contributed by atoms with E-state index in [1.165, 1.54) is 30.9 Å². The highest BCUT2D eigenvalue weighted by atomic mass is 15.3. The van der Waals surface area contributed by atoms with E-state index in [2.05, 4.69) is 67.1 Å². The first-order chi connectivity index (χ1) is 10.0. The summed E-state index contributed by atoms with van der Waals surface area (Å²) in [7, 11) is 0. The van der Waals surface area contributed by atoms with Crippen molar-refractivity contribution >= 4 is 5.69 Å². The van der Waals surface area contributed by atoms with Gasteiger partial charge in [0.25, 0.3) is 0 Å². The fourth-order valence-electron chi connectivity index (χ4n) is 2.96. The molecule has 2 rings (SSSR count). The fraction of sp³-hybridized carbons (Fsp3) is 0.667. The van der Waals surface area contributed by atoms with Crippen LogP contribution in [0.4, 0.5) is 5.69 Å². The normalized spacial score (nSPS) is 18.2. The topological polar surface area (TPSA) is 18.5 Å². The van der Waals surface area contributed by atoms with Crippen LogP contribution in [-0.2, 0) is 0 Å². The Morgan fingerprint density at radius 1 is 1.10 bits per heavy atom. The van der Waals surface area contributed by atoms with Gasteiger partial charge in [0.05, 0.1) is 0 Å². The number of piperazine rings is 1. The third kappa shape index (κ3) is 5.33. The minimum Gasteiger partial charge on any atom is -0.369 e. The van der Waals surface area contributed by atoms with Crippen LogP contribution in [-0.4, -0.2) is 50.2 Å². The molecule has 1 aliphatic rings. The fourth-order valence-corrected chi connectivity index (χ4v) is 2.96. The average molecular weight is 289 g/mol. The Morgan fingerprint density at radius 2 is 1.81 bits per heavy atom. The van der Waals surface area contributed by atoms with Gasteiger partial charge >= 0.3 is 0 Å². The van der Waals surface area contributed by atoms with Crippen LogP contribution in [0.25, 0.3) is 0 Å². The summed E-state index contributed by atoms with van der Waals surface area (Å²) in [4.78, 5) is 5.12. The first kappa shape index (κ1) is 16.3. The summed E-state index contributed by atoms with van der Waals surface area (Å²) >= 11 is 0. The largest absolute Gasteiger partial charge is 0.369 e. The van der Waals surface area contributed by atoms with Crippen LogP contribution < -0.4 is 10.2 Å². The highest BCUT2D eigenvalue weighted by Crippen LogP contribution is 2.18. The molecule has 0 spiro atoms. The Balaban J connectivity index is 1.75. The Hall–Kier alpha value is -1.06. The SMILES string of the molecule is Cc1cccc(N2CCN(CC(C)CNC(C)C)CC2)c1. The molecule has 118 valence electrons. The van der Waals surface area contributed by atoms with Crippen LogP contribution in [0.2, 0.25) is 0 Å². The molecule has 0 saturated carbocycles. The summed E-state index contributed by atoms with van der Waals surface area (Å²) in [5, 5.41) is 3.54. The number of benzene rings is 1. The third-order valence-corrected chi connectivity index (χ3v) is 4.18. The summed E-state index contributed by atoms with van der Waals surface area (Å²) in [6, 6.07) is 9.45. The van der Waals surface area contributed by atoms with Gasteiger partial charge in [-0.15, -0.1) is 0 Å². The van der Waals surface area contributed by atoms with Gasteiger partial charge in [-0.25, -0.2) is 0 Å². The molecule has 1 saturated heterocycles. The van der Waals surface area contributed by atoms with Crippen LogP contribution in [0.5, 0.6) is 0 Å². The van der Waals surface area contributed by atoms with Crippen molar-refractivity contribution in [2.24, 2.45) is 5.92 Å². The Bertz CT molecular complexity index is 422. The number of hydrogen-bond donors (Lipinski definition) is 1. The maximum atomic E-state index is 3.54. The zero-order valence-corrected chi connectivity index (χ0v) is 14.1. The van der Waals surface area contributed by atoms with Crippen molar-refractivity contribution in [3.05, 3.63) is 29.8 Å². The highest BCUT2D eigenvalue weighted by molar-refractivity contribution is 5.48. The van der Waals surface area contributed by atoms with E-state index in [0.29, 0.717) is 6.04 Å². The molecule has 0 aromatic heterocycles. The molecule has 0 radical (unpaired) electrons. The van der Waals surface area contributed by atoms with Crippen molar-refractivity contribution in [1.82, 2.24) is 10.2 Å². The number of aryl methyl sites for hydroxylation is 1. The van der Waals surface area contributed by atoms with E-state index >= 15 is 0 Å². The maximum Gasteiger partial charge on any atom is 0.0369 e. The monoisotopic (exact) mass is 289 g/mol. The van der Waals surface area contributed by atoms with E-state index in [1.54, 1.807) is 0 Å². The second-order valence-electron chi connectivity index (χ2n) is 6.79. The summed E-state index contributed by atoms with van der Waals surface area (Å²) < 4.78 is 0. The third-order valence-electron chi connectivity index (χ3n) is 4.18. The summed E-state index contributed by atoms with van der Waals surface area (Å²) in [5.41, 5.74) is 2.73. The first-order valence-electron chi connectivity index (χ1n) is 8.32. The van der Waals surface area contributed by atoms with Crippen LogP contribution in [0, 0.1) is 12.8 Å². The van der Waals surface area contributed by atoms with Gasteiger partial charge in [0.1, 0.15) is 0 Å². The van der Waals surface area contributed by atoms with Crippen molar-refractivity contribution in [2.45, 2.75) is 33.7 Å². The predicted molar refractivity (Wildman–Crippen MR) is 92.1 cm³/mol. The highest BCUT2D eigenvalue weighted by Gasteiger charge is 2.18. The Kier molecular flexibility index (Phi) is 6.07. The molecule has 0 aliphatic carbocycles. The van der Waals surface area contributed by atoms with Crippen molar-refractivity contribution < 1.29 is 0 Å². The van der Waals surface area contributed by atoms with Crippen molar-refractivity contribution in [2.75, 3.05) is 44.2 Å². The number of anilines is 1. The lowest BCUT2D eigenvalue weighted by atomic mass is 10.1. The smallest absolute Gasteiger partial charge is 0.0369 e. The van der Waals surface area contributed by atoms with Gasteiger partial charge in [-0.05, 0) is 37.1 Å². The first-order valence-corrected chi connectivity index (χ1v) is 8.32. The molecule has 1 aromatic rings. The zero-order chi connectivity index (χ0) is 15.2. The Morgan fingerprint density at radius 3 is 2.43 bits per heavy atom. The van der Waals surface area contributed by atoms with Crippen LogP contribution in [0.3, 0.4) is 0 Å². The quantitative estimate of drug-likeness (QED) is 0.869. The lowest BCUT2D eigenvalue weighted by Crippen LogP contribution is -2.48. The number of nitrogens with one attached hydrogen (secondary N) is 1. The summed E-state index contributed by atoms with van der Waals surface area (Å²) in [5.74, 6) is 0.720. The number of rotatable bonds is 6.